The number of nitrogens with one attached hydrogen (secondary N) is 2. The van der Waals surface area contributed by atoms with E-state index in [1.807, 2.05) is 0 Å². The highest BCUT2D eigenvalue weighted by Crippen LogP contribution is 2.35. The van der Waals surface area contributed by atoms with Gasteiger partial charge in [0.1, 0.15) is 0 Å². The minimum absolute atomic E-state index is 0.450. The van der Waals surface area contributed by atoms with Gasteiger partial charge in [0.2, 0.25) is 0 Å². The fourth-order valence-corrected chi connectivity index (χ4v) is 6.07. The van der Waals surface area contributed by atoms with Crippen molar-refractivity contribution in [2.24, 2.45) is 0 Å². The Hall–Kier alpha value is -1.73. The van der Waals surface area contributed by atoms with Crippen molar-refractivity contribution >= 4 is 5.69 Å². The average molecular weight is 573 g/mol. The van der Waals surface area contributed by atoms with Crippen LogP contribution >= 0.6 is 0 Å². The van der Waals surface area contributed by atoms with Gasteiger partial charge in [0, 0.05) is 71.1 Å². The van der Waals surface area contributed by atoms with Gasteiger partial charge in [-0.1, -0.05) is 65.5 Å². The third kappa shape index (κ3) is 12.6. The highest BCUT2D eigenvalue weighted by Gasteiger charge is 2.30. The van der Waals surface area contributed by atoms with Crippen LogP contribution < -0.4 is 15.5 Å². The minimum atomic E-state index is -0.542. The van der Waals surface area contributed by atoms with Crippen LogP contribution in [0, 0.1) is 11.3 Å². The van der Waals surface area contributed by atoms with Gasteiger partial charge in [0.15, 0.2) is 0 Å². The van der Waals surface area contributed by atoms with E-state index in [1.165, 1.54) is 19.3 Å². The van der Waals surface area contributed by atoms with Crippen molar-refractivity contribution < 1.29 is 10.2 Å². The van der Waals surface area contributed by atoms with Crippen LogP contribution in [0.1, 0.15) is 78.2 Å². The fraction of sp³-hybridized carbons (Fsp3) is 0.788. The molecule has 1 fully saturated rings. The number of likely N-dealkylation sites (N-methyl/N-ethyl adjacent to an activating group) is 1. The van der Waals surface area contributed by atoms with Crippen molar-refractivity contribution in [2.75, 3.05) is 83.4 Å². The number of anilines is 1. The van der Waals surface area contributed by atoms with E-state index in [0.717, 1.165) is 89.3 Å². The summed E-state index contributed by atoms with van der Waals surface area (Å²) in [7, 11) is 0. The average Bonchev–Trinajstić information content (AvgIpc) is 2.98. The molecule has 2 atom stereocenters. The minimum Gasteiger partial charge on any atom is -0.390 e. The summed E-state index contributed by atoms with van der Waals surface area (Å²) < 4.78 is 0. The Morgan fingerprint density at radius 2 is 1.59 bits per heavy atom. The molecule has 1 saturated heterocycles. The number of nitrogens with zero attached hydrogens (tertiary/aromatic N) is 4. The highest BCUT2D eigenvalue weighted by atomic mass is 16.3. The summed E-state index contributed by atoms with van der Waals surface area (Å²) in [6.07, 6.45) is 6.27. The number of β-amino-alcohol motifs (C(OH)–C–C–N with tert-alkyl or cyclic N) is 1. The maximum atomic E-state index is 11.2. The number of hydrogen-bond donors (Lipinski definition) is 4. The van der Waals surface area contributed by atoms with E-state index in [9.17, 15) is 15.5 Å². The zero-order valence-electron chi connectivity index (χ0n) is 26.6. The lowest BCUT2D eigenvalue weighted by Crippen LogP contribution is -2.49. The second kappa shape index (κ2) is 20.2. The molecule has 41 heavy (non-hydrogen) atoms. The van der Waals surface area contributed by atoms with Crippen molar-refractivity contribution in [1.82, 2.24) is 20.4 Å². The lowest BCUT2D eigenvalue weighted by Gasteiger charge is -2.34. The van der Waals surface area contributed by atoms with E-state index in [1.54, 1.807) is 0 Å². The summed E-state index contributed by atoms with van der Waals surface area (Å²) >= 11 is 0. The Bertz CT molecular complexity index is 833. The fourth-order valence-electron chi connectivity index (χ4n) is 6.07. The Labute approximate surface area is 251 Å². The maximum Gasteiger partial charge on any atom is 0.0841 e. The molecule has 1 heterocycles. The normalized spacial score (nSPS) is 16.0. The molecule has 0 aromatic heterocycles. The zero-order valence-corrected chi connectivity index (χ0v) is 26.6. The summed E-state index contributed by atoms with van der Waals surface area (Å²) in [6, 6.07) is 11.0. The quantitative estimate of drug-likeness (QED) is 0.157. The molecule has 2 rings (SSSR count). The molecule has 0 spiro atoms. The van der Waals surface area contributed by atoms with Gasteiger partial charge in [-0.05, 0) is 50.0 Å². The molecular weight excluding hydrogens is 512 g/mol. The molecule has 1 aliphatic heterocycles. The number of rotatable bonds is 22. The number of aliphatic hydroxyl groups is 2. The van der Waals surface area contributed by atoms with Crippen molar-refractivity contribution in [1.29, 1.82) is 5.26 Å². The van der Waals surface area contributed by atoms with Crippen molar-refractivity contribution in [3.05, 3.63) is 29.8 Å². The molecule has 8 heteroatoms. The van der Waals surface area contributed by atoms with E-state index >= 15 is 0 Å². The number of aliphatic hydroxyl groups excluding tert-OH is 2. The van der Waals surface area contributed by atoms with Crippen LogP contribution in [0.15, 0.2) is 24.3 Å². The number of piperazine rings is 1. The molecule has 0 bridgehead atoms. The molecule has 8 nitrogen and oxygen atoms in total. The van der Waals surface area contributed by atoms with Crippen LogP contribution in [0.2, 0.25) is 0 Å². The lowest BCUT2D eigenvalue weighted by atomic mass is 9.75. The third-order valence-corrected chi connectivity index (χ3v) is 8.37. The van der Waals surface area contributed by atoms with E-state index in [0.29, 0.717) is 26.2 Å². The Morgan fingerprint density at radius 3 is 2.17 bits per heavy atom. The summed E-state index contributed by atoms with van der Waals surface area (Å²) in [6.45, 7) is 18.3. The lowest BCUT2D eigenvalue weighted by molar-refractivity contribution is 0.0983. The second-order valence-corrected chi connectivity index (χ2v) is 11.9. The topological polar surface area (TPSA) is 98.0 Å². The first-order chi connectivity index (χ1) is 19.9. The standard InChI is InChI=1S/C33H60N6O2/c1-5-9-10-17-35-18-21-37(8-4)24-31(40)26-39(27-32(41)25-38-22-19-36-20-23-38)30-13-11-29(12-14-30)33(28-34,15-6-2)16-7-3/h11-14,31-32,35-36,40-41H,5-10,15-27H2,1-4H3. The molecule has 0 saturated carbocycles. The third-order valence-electron chi connectivity index (χ3n) is 8.37. The number of nitriles is 1. The first kappa shape index (κ1) is 35.5. The largest absolute Gasteiger partial charge is 0.390 e. The monoisotopic (exact) mass is 572 g/mol. The van der Waals surface area contributed by atoms with Gasteiger partial charge in [-0.25, -0.2) is 0 Å². The number of unbranched alkanes of at least 4 members (excludes halogenated alkanes) is 2. The van der Waals surface area contributed by atoms with E-state index in [-0.39, 0.29) is 0 Å². The van der Waals surface area contributed by atoms with E-state index < -0.39 is 17.6 Å². The van der Waals surface area contributed by atoms with Crippen molar-refractivity contribution in [3.63, 3.8) is 0 Å². The maximum absolute atomic E-state index is 11.2. The van der Waals surface area contributed by atoms with Gasteiger partial charge in [-0.15, -0.1) is 0 Å². The second-order valence-electron chi connectivity index (χ2n) is 11.9. The first-order valence-electron chi connectivity index (χ1n) is 16.4. The van der Waals surface area contributed by atoms with Gasteiger partial charge < -0.3 is 25.7 Å². The predicted molar refractivity (Wildman–Crippen MR) is 172 cm³/mol. The molecule has 0 amide bonds. The Kier molecular flexibility index (Phi) is 17.5. The molecule has 234 valence electrons. The number of benzene rings is 1. The first-order valence-corrected chi connectivity index (χ1v) is 16.4. The molecule has 4 N–H and O–H groups in total. The van der Waals surface area contributed by atoms with Crippen LogP contribution in [0.25, 0.3) is 0 Å². The van der Waals surface area contributed by atoms with E-state index in [2.05, 4.69) is 83.4 Å². The van der Waals surface area contributed by atoms with Crippen LogP contribution in [0.5, 0.6) is 0 Å². The van der Waals surface area contributed by atoms with Crippen LogP contribution in [0.3, 0.4) is 0 Å². The van der Waals surface area contributed by atoms with E-state index in [4.69, 9.17) is 0 Å². The SMILES string of the molecule is CCCCCNCCN(CC)CC(O)CN(CC(O)CN1CCNCC1)c1ccc(C(C#N)(CCC)CCC)cc1. The smallest absolute Gasteiger partial charge is 0.0841 e. The molecule has 0 radical (unpaired) electrons. The highest BCUT2D eigenvalue weighted by molar-refractivity contribution is 5.50. The molecule has 1 aromatic carbocycles. The van der Waals surface area contributed by atoms with Crippen LogP contribution in [-0.4, -0.2) is 111 Å². The Morgan fingerprint density at radius 1 is 0.927 bits per heavy atom. The number of hydrogen-bond acceptors (Lipinski definition) is 8. The summed E-state index contributed by atoms with van der Waals surface area (Å²) in [5.74, 6) is 0. The van der Waals surface area contributed by atoms with Gasteiger partial charge in [-0.2, -0.15) is 5.26 Å². The van der Waals surface area contributed by atoms with Gasteiger partial charge in [0.05, 0.1) is 23.7 Å². The Balaban J connectivity index is 2.11. The summed E-state index contributed by atoms with van der Waals surface area (Å²) in [4.78, 5) is 6.74. The molecular formula is C33H60N6O2. The molecule has 1 aromatic rings. The van der Waals surface area contributed by atoms with Gasteiger partial charge >= 0.3 is 0 Å². The predicted octanol–water partition coefficient (Wildman–Crippen LogP) is 3.58. The van der Waals surface area contributed by atoms with Gasteiger partial charge in [0.25, 0.3) is 0 Å². The van der Waals surface area contributed by atoms with Crippen molar-refractivity contribution in [3.8, 4) is 6.07 Å². The molecule has 1 aliphatic rings. The summed E-state index contributed by atoms with van der Waals surface area (Å²) in [5.41, 5.74) is 1.59. The van der Waals surface area contributed by atoms with Crippen molar-refractivity contribution in [2.45, 2.75) is 90.3 Å². The molecule has 0 aliphatic carbocycles. The van der Waals surface area contributed by atoms with Crippen LogP contribution in [0.4, 0.5) is 5.69 Å². The molecule has 2 unspecified atom stereocenters. The summed E-state index contributed by atoms with van der Waals surface area (Å²) in [5, 5.41) is 39.3. The van der Waals surface area contributed by atoms with Gasteiger partial charge in [-0.3, -0.25) is 9.80 Å². The van der Waals surface area contributed by atoms with Crippen LogP contribution in [-0.2, 0) is 5.41 Å². The zero-order chi connectivity index (χ0) is 29.9.